The minimum absolute atomic E-state index is 0.743. The third-order valence-electron chi connectivity index (χ3n) is 1.59. The predicted octanol–water partition coefficient (Wildman–Crippen LogP) is 2.17. The van der Waals surface area contributed by atoms with Gasteiger partial charge in [-0.3, -0.25) is 4.79 Å². The van der Waals surface area contributed by atoms with E-state index < -0.39 is 0 Å². The Bertz CT molecular complexity index is 297. The van der Waals surface area contributed by atoms with Gasteiger partial charge < -0.3 is 4.90 Å². The Morgan fingerprint density at radius 3 is 2.50 bits per heavy atom. The van der Waals surface area contributed by atoms with E-state index in [1.54, 1.807) is 0 Å². The first-order chi connectivity index (χ1) is 5.66. The van der Waals surface area contributed by atoms with Gasteiger partial charge in [0.2, 0.25) is 0 Å². The van der Waals surface area contributed by atoms with Crippen LogP contribution in [0.15, 0.2) is 18.2 Å². The van der Waals surface area contributed by atoms with Gasteiger partial charge in [0.25, 0.3) is 0 Å². The Hall–Kier alpha value is -0.580. The topological polar surface area (TPSA) is 20.3 Å². The molecule has 1 aromatic rings. The van der Waals surface area contributed by atoms with Crippen molar-refractivity contribution in [2.75, 3.05) is 19.0 Å². The lowest BCUT2D eigenvalue weighted by Crippen LogP contribution is -2.12. The lowest BCUT2D eigenvalue weighted by Gasteiger charge is -2.16. The number of hydrogen-bond acceptors (Lipinski definition) is 2. The van der Waals surface area contributed by atoms with E-state index in [9.17, 15) is 4.79 Å². The highest BCUT2D eigenvalue weighted by molar-refractivity contribution is 14.1. The van der Waals surface area contributed by atoms with Gasteiger partial charge in [-0.25, -0.2) is 0 Å². The maximum absolute atomic E-state index is 10.7. The summed E-state index contributed by atoms with van der Waals surface area (Å²) in [5, 5.41) is 0. The molecule has 3 heteroatoms. The van der Waals surface area contributed by atoms with Crippen LogP contribution in [0.4, 0.5) is 5.69 Å². The summed E-state index contributed by atoms with van der Waals surface area (Å²) in [5.41, 5.74) is 1.74. The average molecular weight is 275 g/mol. The second-order valence-corrected chi connectivity index (χ2v) is 3.85. The summed E-state index contributed by atoms with van der Waals surface area (Å²) in [5.74, 6) is 0. The maximum atomic E-state index is 10.7. The molecule has 64 valence electrons. The number of hydrogen-bond donors (Lipinski definition) is 0. The van der Waals surface area contributed by atoms with Gasteiger partial charge in [-0.05, 0) is 34.7 Å². The minimum Gasteiger partial charge on any atom is -0.376 e. The molecule has 0 aliphatic carbocycles. The van der Waals surface area contributed by atoms with Gasteiger partial charge >= 0.3 is 0 Å². The smallest absolute Gasteiger partial charge is 0.152 e. The van der Waals surface area contributed by atoms with Crippen molar-refractivity contribution in [1.29, 1.82) is 0 Å². The highest BCUT2D eigenvalue weighted by Gasteiger charge is 2.06. The first kappa shape index (κ1) is 9.51. The first-order valence-electron chi connectivity index (χ1n) is 3.58. The molecule has 0 unspecified atom stereocenters. The molecule has 0 saturated heterocycles. The van der Waals surface area contributed by atoms with Crippen molar-refractivity contribution in [3.8, 4) is 0 Å². The van der Waals surface area contributed by atoms with Crippen molar-refractivity contribution in [2.45, 2.75) is 0 Å². The molecule has 0 aliphatic heterocycles. The Morgan fingerprint density at radius 1 is 1.42 bits per heavy atom. The maximum Gasteiger partial charge on any atom is 0.152 e. The van der Waals surface area contributed by atoms with Crippen LogP contribution in [0.5, 0.6) is 0 Å². The number of anilines is 1. The standard InChI is InChI=1S/C9H10INO/c1-11(2)9-7(6-12)4-3-5-8(9)10/h3-6H,1-2H3. The van der Waals surface area contributed by atoms with Crippen LogP contribution in [0.2, 0.25) is 0 Å². The lowest BCUT2D eigenvalue weighted by atomic mass is 10.2. The van der Waals surface area contributed by atoms with Gasteiger partial charge in [-0.1, -0.05) is 6.07 Å². The van der Waals surface area contributed by atoms with Crippen molar-refractivity contribution in [3.05, 3.63) is 27.3 Å². The van der Waals surface area contributed by atoms with E-state index in [4.69, 9.17) is 0 Å². The summed E-state index contributed by atoms with van der Waals surface area (Å²) in [6.07, 6.45) is 0.886. The molecule has 1 aromatic carbocycles. The number of rotatable bonds is 2. The fraction of sp³-hybridized carbons (Fsp3) is 0.222. The zero-order valence-electron chi connectivity index (χ0n) is 7.04. The Balaban J connectivity index is 3.29. The number of halogens is 1. The first-order valence-corrected chi connectivity index (χ1v) is 4.65. The molecule has 0 bridgehead atoms. The Morgan fingerprint density at radius 2 is 2.08 bits per heavy atom. The molecule has 2 nitrogen and oxygen atoms in total. The molecule has 0 N–H and O–H groups in total. The molecule has 0 amide bonds. The van der Waals surface area contributed by atoms with Crippen LogP contribution in [0.1, 0.15) is 10.4 Å². The third-order valence-corrected chi connectivity index (χ3v) is 2.46. The summed E-state index contributed by atoms with van der Waals surface area (Å²) in [6, 6.07) is 5.70. The van der Waals surface area contributed by atoms with E-state index in [2.05, 4.69) is 22.6 Å². The zero-order chi connectivity index (χ0) is 9.14. The highest BCUT2D eigenvalue weighted by Crippen LogP contribution is 2.23. The number of nitrogens with zero attached hydrogens (tertiary/aromatic N) is 1. The summed E-state index contributed by atoms with van der Waals surface area (Å²) in [4.78, 5) is 12.6. The molecule has 0 spiro atoms. The van der Waals surface area contributed by atoms with Crippen molar-refractivity contribution >= 4 is 34.6 Å². The van der Waals surface area contributed by atoms with Gasteiger partial charge in [0.15, 0.2) is 6.29 Å². The largest absolute Gasteiger partial charge is 0.376 e. The van der Waals surface area contributed by atoms with Crippen molar-refractivity contribution in [2.24, 2.45) is 0 Å². The summed E-state index contributed by atoms with van der Waals surface area (Å²) < 4.78 is 1.10. The second kappa shape index (κ2) is 3.89. The Labute approximate surface area is 85.7 Å². The summed E-state index contributed by atoms with van der Waals surface area (Å²) in [7, 11) is 3.87. The van der Waals surface area contributed by atoms with E-state index >= 15 is 0 Å². The zero-order valence-corrected chi connectivity index (χ0v) is 9.20. The fourth-order valence-electron chi connectivity index (χ4n) is 1.10. The molecule has 0 aliphatic rings. The predicted molar refractivity (Wildman–Crippen MR) is 58.9 cm³/mol. The van der Waals surface area contributed by atoms with E-state index in [0.29, 0.717) is 0 Å². The molecule has 0 fully saturated rings. The lowest BCUT2D eigenvalue weighted by molar-refractivity contribution is 0.112. The van der Waals surface area contributed by atoms with Crippen LogP contribution in [-0.4, -0.2) is 20.4 Å². The van der Waals surface area contributed by atoms with Crippen molar-refractivity contribution < 1.29 is 4.79 Å². The summed E-state index contributed by atoms with van der Waals surface area (Å²) in [6.45, 7) is 0. The molecular weight excluding hydrogens is 265 g/mol. The molecule has 12 heavy (non-hydrogen) atoms. The third kappa shape index (κ3) is 1.77. The van der Waals surface area contributed by atoms with E-state index in [1.807, 2.05) is 37.2 Å². The van der Waals surface area contributed by atoms with Crippen LogP contribution in [-0.2, 0) is 0 Å². The molecule has 0 radical (unpaired) electrons. The summed E-state index contributed by atoms with van der Waals surface area (Å²) >= 11 is 2.22. The van der Waals surface area contributed by atoms with Crippen LogP contribution in [0, 0.1) is 3.57 Å². The van der Waals surface area contributed by atoms with E-state index in [-0.39, 0.29) is 0 Å². The number of para-hydroxylation sites is 1. The van der Waals surface area contributed by atoms with Crippen molar-refractivity contribution in [1.82, 2.24) is 0 Å². The second-order valence-electron chi connectivity index (χ2n) is 2.69. The number of carbonyl (C=O) groups is 1. The molecule has 0 saturated carbocycles. The van der Waals surface area contributed by atoms with Crippen molar-refractivity contribution in [3.63, 3.8) is 0 Å². The van der Waals surface area contributed by atoms with E-state index in [1.165, 1.54) is 0 Å². The van der Waals surface area contributed by atoms with Gasteiger partial charge in [-0.15, -0.1) is 0 Å². The van der Waals surface area contributed by atoms with Crippen LogP contribution >= 0.6 is 22.6 Å². The molecule has 0 aromatic heterocycles. The normalized spacial score (nSPS) is 9.58. The van der Waals surface area contributed by atoms with Crippen LogP contribution in [0.25, 0.3) is 0 Å². The Kier molecular flexibility index (Phi) is 3.08. The van der Waals surface area contributed by atoms with Crippen LogP contribution < -0.4 is 4.90 Å². The number of benzene rings is 1. The molecule has 0 atom stereocenters. The quantitative estimate of drug-likeness (QED) is 0.609. The number of aldehydes is 1. The molecule has 0 heterocycles. The van der Waals surface area contributed by atoms with Gasteiger partial charge in [0, 0.05) is 23.2 Å². The average Bonchev–Trinajstić information content (AvgIpc) is 2.03. The van der Waals surface area contributed by atoms with Gasteiger partial charge in [-0.2, -0.15) is 0 Å². The highest BCUT2D eigenvalue weighted by atomic mass is 127. The van der Waals surface area contributed by atoms with Gasteiger partial charge in [0.1, 0.15) is 0 Å². The minimum atomic E-state index is 0.743. The van der Waals surface area contributed by atoms with Gasteiger partial charge in [0.05, 0.1) is 5.69 Å². The monoisotopic (exact) mass is 275 g/mol. The van der Waals surface area contributed by atoms with Crippen LogP contribution in [0.3, 0.4) is 0 Å². The SMILES string of the molecule is CN(C)c1c(I)cccc1C=O. The number of carbonyl (C=O) groups excluding carboxylic acids is 1. The van der Waals surface area contributed by atoms with E-state index in [0.717, 1.165) is 21.1 Å². The molecular formula is C9H10INO. The molecule has 1 rings (SSSR count). The fourth-order valence-corrected chi connectivity index (χ4v) is 2.10.